The zero-order chi connectivity index (χ0) is 9.46. The summed E-state index contributed by atoms with van der Waals surface area (Å²) in [7, 11) is 0. The molecular weight excluding hydrogens is 199 g/mol. The molecule has 0 unspecified atom stereocenters. The number of benzene rings is 1. The molecule has 0 bridgehead atoms. The van der Waals surface area contributed by atoms with Crippen LogP contribution in [0.1, 0.15) is 33.4 Å². The molecule has 0 aliphatic heterocycles. The third-order valence-corrected chi connectivity index (χ3v) is 3.38. The summed E-state index contributed by atoms with van der Waals surface area (Å²) in [6.07, 6.45) is 0. The Labute approximate surface area is 92.2 Å². The van der Waals surface area contributed by atoms with Crippen LogP contribution in [0.3, 0.4) is 0 Å². The summed E-state index contributed by atoms with van der Waals surface area (Å²) >= 11 is 0. The molecule has 0 heterocycles. The van der Waals surface area contributed by atoms with Gasteiger partial charge in [-0.15, -0.1) is 0 Å². The van der Waals surface area contributed by atoms with Crippen LogP contribution in [0.25, 0.3) is 0 Å². The van der Waals surface area contributed by atoms with Gasteiger partial charge in [-0.25, -0.2) is 0 Å². The van der Waals surface area contributed by atoms with E-state index in [1.165, 1.54) is 33.4 Å². The summed E-state index contributed by atoms with van der Waals surface area (Å²) in [6, 6.07) is 0. The van der Waals surface area contributed by atoms with Gasteiger partial charge in [0.2, 0.25) is 0 Å². The summed E-state index contributed by atoms with van der Waals surface area (Å²) in [6.45, 7) is 13.3. The van der Waals surface area contributed by atoms with Crippen LogP contribution >= 0.6 is 0 Å². The van der Waals surface area contributed by atoms with Crippen LogP contribution in [0.5, 0.6) is 0 Å². The maximum absolute atomic E-state index is 2.21. The fourth-order valence-electron chi connectivity index (χ4n) is 1.69. The second-order valence-corrected chi connectivity index (χ2v) is 3.75. The van der Waals surface area contributed by atoms with E-state index in [2.05, 4.69) is 41.5 Å². The van der Waals surface area contributed by atoms with Gasteiger partial charge in [0, 0.05) is 17.1 Å². The summed E-state index contributed by atoms with van der Waals surface area (Å²) in [5, 5.41) is 0. The molecule has 0 nitrogen and oxygen atoms in total. The molecule has 0 aliphatic carbocycles. The quantitative estimate of drug-likeness (QED) is 0.583. The van der Waals surface area contributed by atoms with E-state index in [9.17, 15) is 0 Å². The molecule has 0 atom stereocenters. The second-order valence-electron chi connectivity index (χ2n) is 3.75. The Balaban J connectivity index is 0.00000144. The predicted molar refractivity (Wildman–Crippen MR) is 54.9 cm³/mol. The minimum atomic E-state index is 0. The number of rotatable bonds is 0. The van der Waals surface area contributed by atoms with Crippen molar-refractivity contribution < 1.29 is 17.1 Å². The Hall–Kier alpha value is -0.261. The molecule has 0 fully saturated rings. The fourth-order valence-corrected chi connectivity index (χ4v) is 1.69. The molecule has 73 valence electrons. The minimum Gasteiger partial charge on any atom is -0.0447 e. The summed E-state index contributed by atoms with van der Waals surface area (Å²) < 4.78 is 0. The Kier molecular flexibility index (Phi) is 4.22. The van der Waals surface area contributed by atoms with Gasteiger partial charge in [-0.05, 0) is 74.9 Å². The van der Waals surface area contributed by atoms with E-state index in [4.69, 9.17) is 0 Å². The zero-order valence-corrected chi connectivity index (χ0v) is 10.6. The van der Waals surface area contributed by atoms with Crippen LogP contribution < -0.4 is 0 Å². The van der Waals surface area contributed by atoms with E-state index in [-0.39, 0.29) is 17.1 Å². The molecule has 0 aliphatic rings. The van der Waals surface area contributed by atoms with Gasteiger partial charge >= 0.3 is 0 Å². The van der Waals surface area contributed by atoms with Crippen molar-refractivity contribution in [3.05, 3.63) is 33.4 Å². The first-order chi connectivity index (χ1) is 5.46. The average Bonchev–Trinajstić information content (AvgIpc) is 2.08. The van der Waals surface area contributed by atoms with Crippen molar-refractivity contribution in [1.82, 2.24) is 0 Å². The van der Waals surface area contributed by atoms with Gasteiger partial charge in [0.25, 0.3) is 0 Å². The summed E-state index contributed by atoms with van der Waals surface area (Å²) in [5.41, 5.74) is 8.73. The summed E-state index contributed by atoms with van der Waals surface area (Å²) in [5.74, 6) is 0. The van der Waals surface area contributed by atoms with E-state index in [0.717, 1.165) is 0 Å². The molecule has 1 aromatic rings. The van der Waals surface area contributed by atoms with E-state index >= 15 is 0 Å². The smallest absolute Gasteiger partial charge is 0 e. The Bertz CT molecular complexity index is 219. The first-order valence-electron chi connectivity index (χ1n) is 4.50. The van der Waals surface area contributed by atoms with Crippen molar-refractivity contribution in [1.29, 1.82) is 0 Å². The maximum Gasteiger partial charge on any atom is 0 e. The monoisotopic (exact) mass is 217 g/mol. The molecule has 1 radical (unpaired) electrons. The molecule has 1 aromatic carbocycles. The Morgan fingerprint density at radius 1 is 0.385 bits per heavy atom. The predicted octanol–water partition coefficient (Wildman–Crippen LogP) is 3.53. The van der Waals surface area contributed by atoms with Gasteiger partial charge in [0.15, 0.2) is 0 Å². The molecule has 0 spiro atoms. The SMILES string of the molecule is Cc1c(C)c(C)c(C)c(C)c1C.[Mn]. The summed E-state index contributed by atoms with van der Waals surface area (Å²) in [4.78, 5) is 0. The third-order valence-electron chi connectivity index (χ3n) is 3.38. The second kappa shape index (κ2) is 4.30. The Morgan fingerprint density at radius 3 is 0.538 bits per heavy atom. The van der Waals surface area contributed by atoms with Gasteiger partial charge < -0.3 is 0 Å². The molecular formula is C12H18Mn. The molecule has 0 saturated carbocycles. The van der Waals surface area contributed by atoms with Crippen LogP contribution in [0.2, 0.25) is 0 Å². The molecule has 0 N–H and O–H groups in total. The van der Waals surface area contributed by atoms with Gasteiger partial charge in [-0.1, -0.05) is 0 Å². The van der Waals surface area contributed by atoms with Crippen LogP contribution in [0.15, 0.2) is 0 Å². The van der Waals surface area contributed by atoms with E-state index in [1.54, 1.807) is 0 Å². The molecule has 1 rings (SSSR count). The molecule has 0 aromatic heterocycles. The number of hydrogen-bond donors (Lipinski definition) is 0. The van der Waals surface area contributed by atoms with E-state index in [1.807, 2.05) is 0 Å². The van der Waals surface area contributed by atoms with Crippen molar-refractivity contribution in [3.63, 3.8) is 0 Å². The normalized spacial score (nSPS) is 9.69. The van der Waals surface area contributed by atoms with Gasteiger partial charge in [0.1, 0.15) is 0 Å². The Morgan fingerprint density at radius 2 is 0.462 bits per heavy atom. The van der Waals surface area contributed by atoms with Crippen molar-refractivity contribution in [2.24, 2.45) is 0 Å². The van der Waals surface area contributed by atoms with Crippen molar-refractivity contribution in [2.45, 2.75) is 41.5 Å². The molecule has 0 saturated heterocycles. The maximum atomic E-state index is 2.21. The van der Waals surface area contributed by atoms with Crippen molar-refractivity contribution in [2.75, 3.05) is 0 Å². The average molecular weight is 217 g/mol. The zero-order valence-electron chi connectivity index (χ0n) is 9.38. The number of hydrogen-bond acceptors (Lipinski definition) is 0. The standard InChI is InChI=1S/C12H18.Mn/c1-7-8(2)10(4)12(6)11(5)9(7)3;/h1-6H3;. The van der Waals surface area contributed by atoms with Crippen LogP contribution in [0, 0.1) is 41.5 Å². The van der Waals surface area contributed by atoms with Crippen molar-refractivity contribution in [3.8, 4) is 0 Å². The fraction of sp³-hybridized carbons (Fsp3) is 0.500. The van der Waals surface area contributed by atoms with Crippen LogP contribution in [-0.4, -0.2) is 0 Å². The van der Waals surface area contributed by atoms with Crippen LogP contribution in [0.4, 0.5) is 0 Å². The van der Waals surface area contributed by atoms with Crippen LogP contribution in [-0.2, 0) is 17.1 Å². The van der Waals surface area contributed by atoms with E-state index in [0.29, 0.717) is 0 Å². The third kappa shape index (κ3) is 1.98. The molecule has 1 heteroatoms. The van der Waals surface area contributed by atoms with Gasteiger partial charge in [-0.2, -0.15) is 0 Å². The van der Waals surface area contributed by atoms with Crippen molar-refractivity contribution >= 4 is 0 Å². The van der Waals surface area contributed by atoms with Gasteiger partial charge in [0.05, 0.1) is 0 Å². The first-order valence-corrected chi connectivity index (χ1v) is 4.50. The minimum absolute atomic E-state index is 0. The van der Waals surface area contributed by atoms with Gasteiger partial charge in [-0.3, -0.25) is 0 Å². The topological polar surface area (TPSA) is 0 Å². The molecule has 0 amide bonds. The molecule has 13 heavy (non-hydrogen) atoms. The van der Waals surface area contributed by atoms with E-state index < -0.39 is 0 Å². The first kappa shape index (κ1) is 12.7. The largest absolute Gasteiger partial charge is 0.0447 e.